The van der Waals surface area contributed by atoms with Gasteiger partial charge in [0.1, 0.15) is 19.6 Å². The van der Waals surface area contributed by atoms with Crippen molar-refractivity contribution in [3.63, 3.8) is 0 Å². The third kappa shape index (κ3) is 2.79. The summed E-state index contributed by atoms with van der Waals surface area (Å²) >= 11 is 0. The Kier molecular flexibility index (Phi) is 4.16. The van der Waals surface area contributed by atoms with Crippen LogP contribution in [-0.4, -0.2) is 59.7 Å². The summed E-state index contributed by atoms with van der Waals surface area (Å²) in [6.45, 7) is 4.96. The molecule has 4 aliphatic heterocycles. The topological polar surface area (TPSA) is 6.48 Å². The first-order chi connectivity index (χ1) is 9.31. The number of quaternary nitrogens is 1. The van der Waals surface area contributed by atoms with Gasteiger partial charge in [0.05, 0.1) is 13.2 Å². The van der Waals surface area contributed by atoms with Gasteiger partial charge in [0.2, 0.25) is 0 Å². The lowest BCUT2D eigenvalue weighted by Gasteiger charge is -2.59. The summed E-state index contributed by atoms with van der Waals surface area (Å²) in [5.41, 5.74) is 1.32. The van der Waals surface area contributed by atoms with Crippen molar-refractivity contribution in [2.45, 2.75) is 0 Å². The second-order valence-electron chi connectivity index (χ2n) is 6.20. The van der Waals surface area contributed by atoms with E-state index in [9.17, 15) is 0 Å². The number of hydrogen-bond donors (Lipinski definition) is 0. The summed E-state index contributed by atoms with van der Waals surface area (Å²) < 4.78 is 1.29. The van der Waals surface area contributed by atoms with Crippen molar-refractivity contribution in [1.29, 1.82) is 0 Å². The van der Waals surface area contributed by atoms with E-state index in [0.717, 1.165) is 0 Å². The molecule has 0 aromatic heterocycles. The Balaban J connectivity index is 0.00000121. The van der Waals surface area contributed by atoms with Crippen LogP contribution in [0.15, 0.2) is 36.4 Å². The van der Waals surface area contributed by atoms with Crippen LogP contribution in [0, 0.1) is 0 Å². The first-order valence-electron chi connectivity index (χ1n) is 7.05. The van der Waals surface area contributed by atoms with E-state index in [4.69, 9.17) is 0 Å². The minimum atomic E-state index is 0. The zero-order chi connectivity index (χ0) is 12.7. The van der Waals surface area contributed by atoms with Crippen molar-refractivity contribution in [2.75, 3.05) is 45.4 Å². The molecule has 0 amide bonds. The molecule has 20 heavy (non-hydrogen) atoms. The predicted octanol–water partition coefficient (Wildman–Crippen LogP) is -0.608. The summed E-state index contributed by atoms with van der Waals surface area (Å²) in [7, 11) is 0.259. The minimum absolute atomic E-state index is 0. The van der Waals surface area contributed by atoms with E-state index >= 15 is 0 Å². The van der Waals surface area contributed by atoms with Crippen LogP contribution in [0.1, 0.15) is 5.56 Å². The maximum Gasteiger partial charge on any atom is 0.137 e. The van der Waals surface area contributed by atoms with Gasteiger partial charge in [-0.25, -0.2) is 9.80 Å². The Hall–Kier alpha value is -0.440. The maximum atomic E-state index is 2.67. The van der Waals surface area contributed by atoms with E-state index in [1.54, 1.807) is 0 Å². The molecular weight excluding hydrogens is 289 g/mol. The molecule has 4 fully saturated rings. The van der Waals surface area contributed by atoms with Crippen LogP contribution >= 0.6 is 7.92 Å². The summed E-state index contributed by atoms with van der Waals surface area (Å²) in [4.78, 5) is 5.33. The highest BCUT2D eigenvalue weighted by Crippen LogP contribution is 2.50. The van der Waals surface area contributed by atoms with Gasteiger partial charge in [0.15, 0.2) is 0 Å². The van der Waals surface area contributed by atoms with Gasteiger partial charge in [-0.3, -0.25) is 4.48 Å². The number of hydrogen-bond acceptors (Lipinski definition) is 2. The molecule has 0 saturated carbocycles. The molecule has 4 heterocycles. The first-order valence-corrected chi connectivity index (χ1v) is 8.95. The fraction of sp³-hybridized carbons (Fsp3) is 0.467. The molecule has 2 atom stereocenters. The molecule has 108 valence electrons. The smallest absolute Gasteiger partial charge is 0.137 e. The normalized spacial score (nSPS) is 38.1. The minimum Gasteiger partial charge on any atom is -1.00 e. The van der Waals surface area contributed by atoms with Crippen molar-refractivity contribution in [3.05, 3.63) is 42.0 Å². The van der Waals surface area contributed by atoms with Gasteiger partial charge in [0, 0.05) is 12.6 Å². The molecule has 4 bridgehead atoms. The molecule has 5 rings (SSSR count). The maximum absolute atomic E-state index is 2.67. The van der Waals surface area contributed by atoms with E-state index < -0.39 is 0 Å². The van der Waals surface area contributed by atoms with Crippen LogP contribution in [0.5, 0.6) is 0 Å². The van der Waals surface area contributed by atoms with Crippen molar-refractivity contribution in [3.8, 4) is 0 Å². The predicted molar refractivity (Wildman–Crippen MR) is 80.4 cm³/mol. The van der Waals surface area contributed by atoms with E-state index in [1.807, 2.05) is 0 Å². The Morgan fingerprint density at radius 3 is 2.45 bits per heavy atom. The van der Waals surface area contributed by atoms with Crippen LogP contribution in [0.2, 0.25) is 0 Å². The highest BCUT2D eigenvalue weighted by Gasteiger charge is 2.48. The number of rotatable bonds is 3. The van der Waals surface area contributed by atoms with Gasteiger partial charge in [-0.1, -0.05) is 36.4 Å². The zero-order valence-electron chi connectivity index (χ0n) is 11.7. The van der Waals surface area contributed by atoms with E-state index in [0.29, 0.717) is 0 Å². The Morgan fingerprint density at radius 1 is 1.10 bits per heavy atom. The SMILES string of the molecule is C(=C\c1ccccc1)/C[N+]12CN3CN(CP(C3)C1)C2.[Cl-]. The average Bonchev–Trinajstić information content (AvgIpc) is 2.38. The first kappa shape index (κ1) is 14.5. The lowest BCUT2D eigenvalue weighted by atomic mass is 10.2. The molecular formula is C15H21ClN3P. The van der Waals surface area contributed by atoms with Gasteiger partial charge in [-0.05, 0) is 19.6 Å². The Morgan fingerprint density at radius 2 is 1.80 bits per heavy atom. The van der Waals surface area contributed by atoms with Crippen LogP contribution in [0.4, 0.5) is 0 Å². The molecule has 2 unspecified atom stereocenters. The Labute approximate surface area is 128 Å². The third-order valence-electron chi connectivity index (χ3n) is 4.30. The van der Waals surface area contributed by atoms with E-state index in [2.05, 4.69) is 52.3 Å². The van der Waals surface area contributed by atoms with Gasteiger partial charge >= 0.3 is 0 Å². The number of benzene rings is 1. The summed E-state index contributed by atoms with van der Waals surface area (Å²) in [6, 6.07) is 10.7. The zero-order valence-corrected chi connectivity index (χ0v) is 13.3. The molecule has 4 aliphatic rings. The molecule has 5 heteroatoms. The molecule has 0 aliphatic carbocycles. The second-order valence-corrected chi connectivity index (χ2v) is 8.39. The van der Waals surface area contributed by atoms with Crippen LogP contribution in [0.25, 0.3) is 6.08 Å². The largest absolute Gasteiger partial charge is 1.00 e. The van der Waals surface area contributed by atoms with E-state index in [-0.39, 0.29) is 20.3 Å². The lowest BCUT2D eigenvalue weighted by Crippen LogP contribution is -3.00. The fourth-order valence-electron chi connectivity index (χ4n) is 3.81. The quantitative estimate of drug-likeness (QED) is 0.543. The van der Waals surface area contributed by atoms with Crippen molar-refractivity contribution < 1.29 is 16.9 Å². The Bertz CT molecular complexity index is 456. The highest BCUT2D eigenvalue weighted by molar-refractivity contribution is 7.57. The molecule has 3 nitrogen and oxygen atoms in total. The fourth-order valence-corrected chi connectivity index (χ4v) is 6.71. The lowest BCUT2D eigenvalue weighted by molar-refractivity contribution is -0.943. The molecule has 0 spiro atoms. The average molecular weight is 310 g/mol. The summed E-state index contributed by atoms with van der Waals surface area (Å²) in [5, 5.41) is 0. The summed E-state index contributed by atoms with van der Waals surface area (Å²) in [5.74, 6) is 0. The molecule has 4 saturated heterocycles. The number of halogens is 1. The van der Waals surface area contributed by atoms with Crippen LogP contribution in [0.3, 0.4) is 0 Å². The summed E-state index contributed by atoms with van der Waals surface area (Å²) in [6.07, 6.45) is 8.92. The third-order valence-corrected chi connectivity index (χ3v) is 6.90. The van der Waals surface area contributed by atoms with Gasteiger partial charge in [-0.15, -0.1) is 0 Å². The highest BCUT2D eigenvalue weighted by atomic mass is 35.5. The van der Waals surface area contributed by atoms with Gasteiger partial charge in [-0.2, -0.15) is 0 Å². The van der Waals surface area contributed by atoms with Crippen LogP contribution in [-0.2, 0) is 0 Å². The van der Waals surface area contributed by atoms with Crippen molar-refractivity contribution in [1.82, 2.24) is 9.80 Å². The van der Waals surface area contributed by atoms with Gasteiger partial charge in [0.25, 0.3) is 0 Å². The monoisotopic (exact) mass is 309 g/mol. The van der Waals surface area contributed by atoms with Crippen LogP contribution < -0.4 is 12.4 Å². The van der Waals surface area contributed by atoms with Crippen molar-refractivity contribution >= 4 is 14.0 Å². The second kappa shape index (κ2) is 5.75. The molecule has 1 aromatic carbocycles. The van der Waals surface area contributed by atoms with Gasteiger partial charge < -0.3 is 12.4 Å². The van der Waals surface area contributed by atoms with Crippen molar-refractivity contribution in [2.24, 2.45) is 0 Å². The van der Waals surface area contributed by atoms with E-state index in [1.165, 1.54) is 55.5 Å². The number of nitrogens with zero attached hydrogens (tertiary/aromatic N) is 3. The molecule has 0 radical (unpaired) electrons. The molecule has 0 N–H and O–H groups in total. The molecule has 1 aromatic rings. The standard InChI is InChI=1S/C15H21N3P.ClH/c1-2-5-15(6-3-1)7-4-8-18-10-16-9-17(11-18)13-19(12-16)14-18;/h1-7H,8-14H2;1H/q+1;/p-1/b7-4+;.